The molecule has 3 amide bonds. The average Bonchev–Trinajstić information content (AvgIpc) is 3.18. The number of aromatic nitrogens is 2. The maximum Gasteiger partial charge on any atom is 0.329 e. The van der Waals surface area contributed by atoms with Crippen molar-refractivity contribution in [2.24, 2.45) is 5.41 Å². The van der Waals surface area contributed by atoms with E-state index in [2.05, 4.69) is 20.6 Å². The largest absolute Gasteiger partial charge is 0.456 e. The third kappa shape index (κ3) is 4.71. The number of amides is 3. The van der Waals surface area contributed by atoms with E-state index in [9.17, 15) is 18.4 Å². The van der Waals surface area contributed by atoms with E-state index in [1.165, 1.54) is 18.5 Å². The molecule has 1 saturated heterocycles. The van der Waals surface area contributed by atoms with Crippen LogP contribution >= 0.6 is 0 Å². The number of pyridine rings is 2. The van der Waals surface area contributed by atoms with Gasteiger partial charge in [0.2, 0.25) is 5.91 Å². The van der Waals surface area contributed by atoms with Crippen LogP contribution in [-0.2, 0) is 4.79 Å². The number of rotatable bonds is 6. The molecule has 4 rings (SSSR count). The molecule has 9 nitrogen and oxygen atoms in total. The van der Waals surface area contributed by atoms with Crippen molar-refractivity contribution in [3.63, 3.8) is 0 Å². The molecule has 2 aromatic heterocycles. The fraction of sp³-hybridized carbons (Fsp3) is 0.375. The lowest BCUT2D eigenvalue weighted by atomic mass is 9.70. The number of hydrogen-bond donors (Lipinski definition) is 3. The SMILES string of the molecule is CN/C=C(\C=N)c1cc(Oc2ccc(NC(=O)N3CCC4(CCCCC4(F)F)C3=O)nc2)ccn1. The molecule has 1 spiro atoms. The Morgan fingerprint density at radius 3 is 2.66 bits per heavy atom. The first kappa shape index (κ1) is 24.2. The normalized spacial score (nSPS) is 21.6. The van der Waals surface area contributed by atoms with Crippen molar-refractivity contribution >= 4 is 29.5 Å². The van der Waals surface area contributed by atoms with Gasteiger partial charge in [0.25, 0.3) is 5.92 Å². The Hall–Kier alpha value is -3.89. The van der Waals surface area contributed by atoms with Gasteiger partial charge in [0.05, 0.1) is 11.9 Å². The van der Waals surface area contributed by atoms with E-state index >= 15 is 0 Å². The van der Waals surface area contributed by atoms with Crippen molar-refractivity contribution in [1.82, 2.24) is 20.2 Å². The molecule has 35 heavy (non-hydrogen) atoms. The predicted molar refractivity (Wildman–Crippen MR) is 126 cm³/mol. The number of hydrogen-bond acceptors (Lipinski definition) is 7. The van der Waals surface area contributed by atoms with Crippen molar-refractivity contribution in [1.29, 1.82) is 5.41 Å². The van der Waals surface area contributed by atoms with Gasteiger partial charge in [0.1, 0.15) is 22.7 Å². The van der Waals surface area contributed by atoms with E-state index < -0.39 is 23.3 Å². The third-order valence-electron chi connectivity index (χ3n) is 6.40. The van der Waals surface area contributed by atoms with Crippen LogP contribution in [0.5, 0.6) is 11.5 Å². The Bertz CT molecular complexity index is 1150. The van der Waals surface area contributed by atoms with Gasteiger partial charge in [-0.1, -0.05) is 6.42 Å². The van der Waals surface area contributed by atoms with Crippen LogP contribution in [0, 0.1) is 10.8 Å². The zero-order valence-corrected chi connectivity index (χ0v) is 19.2. The minimum absolute atomic E-state index is 0.0381. The van der Waals surface area contributed by atoms with Crippen LogP contribution in [0.2, 0.25) is 0 Å². The Morgan fingerprint density at radius 1 is 1.17 bits per heavy atom. The van der Waals surface area contributed by atoms with E-state index in [0.717, 1.165) is 4.90 Å². The van der Waals surface area contributed by atoms with Crippen molar-refractivity contribution in [3.05, 3.63) is 48.6 Å². The van der Waals surface area contributed by atoms with Gasteiger partial charge in [-0.25, -0.2) is 18.6 Å². The summed E-state index contributed by atoms with van der Waals surface area (Å²) in [6.07, 6.45) is 6.40. The topological polar surface area (TPSA) is 120 Å². The van der Waals surface area contributed by atoms with Crippen molar-refractivity contribution in [2.45, 2.75) is 38.0 Å². The highest BCUT2D eigenvalue weighted by Crippen LogP contribution is 2.54. The number of nitrogens with zero attached hydrogens (tertiary/aromatic N) is 3. The van der Waals surface area contributed by atoms with Crippen molar-refractivity contribution in [3.8, 4) is 11.5 Å². The highest BCUT2D eigenvalue weighted by Gasteiger charge is 2.64. The lowest BCUT2D eigenvalue weighted by Gasteiger charge is -2.39. The molecule has 2 aliphatic rings. The number of urea groups is 1. The number of carbonyl (C=O) groups is 2. The monoisotopic (exact) mass is 484 g/mol. The molecule has 1 saturated carbocycles. The van der Waals surface area contributed by atoms with Crippen molar-refractivity contribution < 1.29 is 23.1 Å². The summed E-state index contributed by atoms with van der Waals surface area (Å²) in [5, 5.41) is 12.9. The standard InChI is InChI=1S/C24H26F2N6O3/c1-28-14-16(13-27)19-12-17(6-10-29-19)35-18-4-5-20(30-15-18)31-22(34)32-11-9-23(21(32)33)7-2-3-8-24(23,25)26/h4-6,10,12-15,27-28H,2-3,7-9,11H2,1H3,(H,30,31,34)/b16-14+,27-13?. The summed E-state index contributed by atoms with van der Waals surface area (Å²) in [5.41, 5.74) is -0.671. The van der Waals surface area contributed by atoms with Gasteiger partial charge < -0.3 is 15.5 Å². The molecule has 0 bridgehead atoms. The molecular formula is C24H26F2N6O3. The number of nitrogens with one attached hydrogen (secondary N) is 3. The molecule has 1 aliphatic carbocycles. The highest BCUT2D eigenvalue weighted by molar-refractivity contribution is 6.07. The molecule has 0 radical (unpaired) electrons. The quantitative estimate of drug-likeness (QED) is 0.522. The number of anilines is 1. The van der Waals surface area contributed by atoms with Crippen LogP contribution in [-0.4, -0.2) is 52.5 Å². The van der Waals surface area contributed by atoms with E-state index in [1.54, 1.807) is 37.6 Å². The van der Waals surface area contributed by atoms with Crippen LogP contribution < -0.4 is 15.4 Å². The molecule has 0 aromatic carbocycles. The molecule has 1 aliphatic heterocycles. The van der Waals surface area contributed by atoms with Crippen LogP contribution in [0.1, 0.15) is 37.8 Å². The van der Waals surface area contributed by atoms with Gasteiger partial charge in [-0.15, -0.1) is 0 Å². The van der Waals surface area contributed by atoms with Crippen LogP contribution in [0.25, 0.3) is 5.57 Å². The summed E-state index contributed by atoms with van der Waals surface area (Å²) in [6, 6.07) is 5.61. The second kappa shape index (κ2) is 9.77. The van der Waals surface area contributed by atoms with Gasteiger partial charge in [0.15, 0.2) is 0 Å². The summed E-state index contributed by atoms with van der Waals surface area (Å²) in [5.74, 6) is -2.91. The van der Waals surface area contributed by atoms with Gasteiger partial charge in [-0.05, 0) is 37.5 Å². The summed E-state index contributed by atoms with van der Waals surface area (Å²) in [7, 11) is 1.72. The number of carbonyl (C=O) groups excluding carboxylic acids is 2. The summed E-state index contributed by atoms with van der Waals surface area (Å²) in [6.45, 7) is -0.0500. The Labute approximate surface area is 201 Å². The summed E-state index contributed by atoms with van der Waals surface area (Å²) in [4.78, 5) is 34.7. The van der Waals surface area contributed by atoms with E-state index in [1.807, 2.05) is 0 Å². The molecule has 1 unspecified atom stereocenters. The smallest absolute Gasteiger partial charge is 0.329 e. The second-order valence-electron chi connectivity index (χ2n) is 8.52. The van der Waals surface area contributed by atoms with E-state index in [0.29, 0.717) is 35.6 Å². The number of imide groups is 1. The molecule has 1 atom stereocenters. The number of alkyl halides is 2. The highest BCUT2D eigenvalue weighted by atomic mass is 19.3. The fourth-order valence-electron chi connectivity index (χ4n) is 4.54. The van der Waals surface area contributed by atoms with Crippen LogP contribution in [0.3, 0.4) is 0 Å². The summed E-state index contributed by atoms with van der Waals surface area (Å²) >= 11 is 0. The molecule has 2 fully saturated rings. The lowest BCUT2D eigenvalue weighted by Crippen LogP contribution is -2.51. The number of likely N-dealkylation sites (tertiary alicyclic amines) is 1. The van der Waals surface area contributed by atoms with Crippen LogP contribution in [0.4, 0.5) is 19.4 Å². The van der Waals surface area contributed by atoms with Gasteiger partial charge >= 0.3 is 6.03 Å². The Morgan fingerprint density at radius 2 is 1.97 bits per heavy atom. The minimum Gasteiger partial charge on any atom is -0.456 e. The first-order chi connectivity index (χ1) is 16.8. The zero-order chi connectivity index (χ0) is 25.1. The Kier molecular flexibility index (Phi) is 6.77. The first-order valence-electron chi connectivity index (χ1n) is 11.3. The number of allylic oxidation sites excluding steroid dienone is 1. The average molecular weight is 485 g/mol. The Balaban J connectivity index is 1.40. The van der Waals surface area contributed by atoms with E-state index in [4.69, 9.17) is 10.1 Å². The lowest BCUT2D eigenvalue weighted by molar-refractivity contribution is -0.171. The molecule has 184 valence electrons. The second-order valence-corrected chi connectivity index (χ2v) is 8.52. The van der Waals surface area contributed by atoms with E-state index in [-0.39, 0.29) is 31.6 Å². The molecule has 3 heterocycles. The number of ether oxygens (including phenoxy) is 1. The first-order valence-corrected chi connectivity index (χ1v) is 11.3. The zero-order valence-electron chi connectivity index (χ0n) is 19.2. The number of halogens is 2. The molecule has 11 heteroatoms. The van der Waals surface area contributed by atoms with Gasteiger partial charge in [-0.2, -0.15) is 0 Å². The minimum atomic E-state index is -3.11. The molecular weight excluding hydrogens is 458 g/mol. The predicted octanol–water partition coefficient (Wildman–Crippen LogP) is 4.44. The van der Waals surface area contributed by atoms with Gasteiger partial charge in [0, 0.05) is 50.3 Å². The third-order valence-corrected chi connectivity index (χ3v) is 6.40. The van der Waals surface area contributed by atoms with Gasteiger partial charge in [-0.3, -0.25) is 20.0 Å². The molecule has 3 N–H and O–H groups in total. The van der Waals surface area contributed by atoms with Crippen LogP contribution in [0.15, 0.2) is 42.9 Å². The van der Waals surface area contributed by atoms with Crippen molar-refractivity contribution in [2.75, 3.05) is 18.9 Å². The maximum absolute atomic E-state index is 14.6. The maximum atomic E-state index is 14.6. The fourth-order valence-corrected chi connectivity index (χ4v) is 4.54. The molecule has 2 aromatic rings. The summed E-state index contributed by atoms with van der Waals surface area (Å²) < 4.78 is 35.0.